The summed E-state index contributed by atoms with van der Waals surface area (Å²) in [5.74, 6) is -0.730. The monoisotopic (exact) mass is 364 g/mol. The minimum absolute atomic E-state index is 0.0661. The van der Waals surface area contributed by atoms with Crippen LogP contribution < -0.4 is 9.80 Å². The zero-order valence-electron chi connectivity index (χ0n) is 15.6. The molecule has 1 spiro atoms. The lowest BCUT2D eigenvalue weighted by atomic mass is 10.0. The Hall–Kier alpha value is -2.37. The second-order valence-corrected chi connectivity index (χ2v) is 7.62. The summed E-state index contributed by atoms with van der Waals surface area (Å²) in [6, 6.07) is 16.4. The Labute approximate surface area is 159 Å². The molecule has 0 N–H and O–H groups in total. The van der Waals surface area contributed by atoms with Gasteiger partial charge in [-0.3, -0.25) is 4.79 Å². The Morgan fingerprint density at radius 2 is 1.81 bits per heavy atom. The largest absolute Gasteiger partial charge is 0.345 e. The van der Waals surface area contributed by atoms with E-state index in [0.29, 0.717) is 19.1 Å². The number of para-hydroxylation sites is 1. The van der Waals surface area contributed by atoms with Crippen molar-refractivity contribution in [3.05, 3.63) is 54.1 Å². The maximum Gasteiger partial charge on any atom is 0.292 e. The molecule has 0 atom stereocenters. The van der Waals surface area contributed by atoms with Crippen LogP contribution in [-0.4, -0.2) is 32.7 Å². The van der Waals surface area contributed by atoms with Crippen molar-refractivity contribution in [3.8, 4) is 0 Å². The van der Waals surface area contributed by atoms with Gasteiger partial charge in [-0.25, -0.2) is 0 Å². The summed E-state index contributed by atoms with van der Waals surface area (Å²) in [6.45, 7) is 1.84. The standard InChI is InChI=1S/C22H24N2O3/c1-23(17-6-3-2-4-7-17)18-10-11-20-19(14-18)22(26-12-5-13-27-22)21(25)24(20)15-16-8-9-16/h2-4,6-7,10-11,14,16H,5,8-9,12-13,15H2,1H3. The van der Waals surface area contributed by atoms with Gasteiger partial charge < -0.3 is 19.3 Å². The number of benzene rings is 2. The van der Waals surface area contributed by atoms with Gasteiger partial charge in [0.05, 0.1) is 18.9 Å². The summed E-state index contributed by atoms with van der Waals surface area (Å²) in [4.78, 5) is 17.3. The van der Waals surface area contributed by atoms with E-state index in [2.05, 4.69) is 29.2 Å². The molecule has 0 aromatic heterocycles. The molecular weight excluding hydrogens is 340 g/mol. The Balaban J connectivity index is 1.57. The molecule has 1 amide bonds. The van der Waals surface area contributed by atoms with Crippen molar-refractivity contribution >= 4 is 23.0 Å². The van der Waals surface area contributed by atoms with E-state index >= 15 is 0 Å². The van der Waals surface area contributed by atoms with Crippen LogP contribution in [-0.2, 0) is 20.1 Å². The molecule has 5 heteroatoms. The van der Waals surface area contributed by atoms with Gasteiger partial charge in [-0.2, -0.15) is 0 Å². The molecule has 2 aromatic rings. The van der Waals surface area contributed by atoms with Gasteiger partial charge in [0, 0.05) is 30.5 Å². The first-order chi connectivity index (χ1) is 13.2. The third-order valence-electron chi connectivity index (χ3n) is 5.72. The van der Waals surface area contributed by atoms with E-state index in [1.54, 1.807) is 0 Å². The van der Waals surface area contributed by atoms with E-state index in [1.165, 1.54) is 12.8 Å². The highest BCUT2D eigenvalue weighted by atomic mass is 16.7. The van der Waals surface area contributed by atoms with Gasteiger partial charge in [-0.05, 0) is 55.5 Å². The lowest BCUT2D eigenvalue weighted by Crippen LogP contribution is -2.47. The van der Waals surface area contributed by atoms with Gasteiger partial charge in [0.2, 0.25) is 0 Å². The Bertz CT molecular complexity index is 857. The van der Waals surface area contributed by atoms with Crippen molar-refractivity contribution in [2.45, 2.75) is 25.0 Å². The van der Waals surface area contributed by atoms with Crippen molar-refractivity contribution in [2.24, 2.45) is 5.92 Å². The van der Waals surface area contributed by atoms with Crippen LogP contribution in [0.15, 0.2) is 48.5 Å². The SMILES string of the molecule is CN(c1ccccc1)c1ccc2c(c1)C1(OCCCO1)C(=O)N2CC1CC1. The summed E-state index contributed by atoms with van der Waals surface area (Å²) < 4.78 is 12.0. The van der Waals surface area contributed by atoms with Crippen LogP contribution in [0.5, 0.6) is 0 Å². The Kier molecular flexibility index (Phi) is 3.95. The van der Waals surface area contributed by atoms with Crippen molar-refractivity contribution in [1.82, 2.24) is 0 Å². The van der Waals surface area contributed by atoms with Crippen LogP contribution >= 0.6 is 0 Å². The average Bonchev–Trinajstić information content (AvgIpc) is 3.53. The number of carbonyl (C=O) groups is 1. The molecule has 0 radical (unpaired) electrons. The van der Waals surface area contributed by atoms with E-state index in [-0.39, 0.29) is 5.91 Å². The first-order valence-electron chi connectivity index (χ1n) is 9.72. The molecule has 1 aliphatic carbocycles. The molecule has 27 heavy (non-hydrogen) atoms. The summed E-state index contributed by atoms with van der Waals surface area (Å²) in [7, 11) is 2.03. The molecule has 0 bridgehead atoms. The molecule has 5 rings (SSSR count). The fraction of sp³-hybridized carbons (Fsp3) is 0.409. The van der Waals surface area contributed by atoms with E-state index in [0.717, 1.165) is 35.6 Å². The van der Waals surface area contributed by atoms with Crippen LogP contribution in [0.3, 0.4) is 0 Å². The predicted molar refractivity (Wildman–Crippen MR) is 104 cm³/mol. The third kappa shape index (κ3) is 2.73. The normalized spacial score (nSPS) is 20.8. The third-order valence-corrected chi connectivity index (χ3v) is 5.72. The lowest BCUT2D eigenvalue weighted by molar-refractivity contribution is -0.256. The number of rotatable bonds is 4. The lowest BCUT2D eigenvalue weighted by Gasteiger charge is -2.33. The van der Waals surface area contributed by atoms with Crippen molar-refractivity contribution in [2.75, 3.05) is 36.6 Å². The molecule has 5 nitrogen and oxygen atoms in total. The van der Waals surface area contributed by atoms with Gasteiger partial charge in [-0.15, -0.1) is 0 Å². The number of ether oxygens (including phenoxy) is 2. The first kappa shape index (κ1) is 16.8. The van der Waals surface area contributed by atoms with Crippen LogP contribution in [0.4, 0.5) is 17.1 Å². The highest BCUT2D eigenvalue weighted by Gasteiger charge is 2.55. The van der Waals surface area contributed by atoms with Gasteiger partial charge >= 0.3 is 0 Å². The number of anilines is 3. The fourth-order valence-electron chi connectivity index (χ4n) is 3.99. The molecule has 2 fully saturated rings. The zero-order valence-corrected chi connectivity index (χ0v) is 15.6. The molecule has 140 valence electrons. The van der Waals surface area contributed by atoms with Gasteiger partial charge in [0.15, 0.2) is 0 Å². The second kappa shape index (κ2) is 6.36. The van der Waals surface area contributed by atoms with Crippen molar-refractivity contribution < 1.29 is 14.3 Å². The maximum absolute atomic E-state index is 13.3. The Morgan fingerprint density at radius 1 is 1.07 bits per heavy atom. The topological polar surface area (TPSA) is 42.0 Å². The molecule has 0 unspecified atom stereocenters. The molecule has 2 aliphatic heterocycles. The molecule has 1 saturated heterocycles. The molecule has 2 heterocycles. The average molecular weight is 364 g/mol. The number of hydrogen-bond donors (Lipinski definition) is 0. The van der Waals surface area contributed by atoms with E-state index in [1.807, 2.05) is 36.2 Å². The summed E-state index contributed by atoms with van der Waals surface area (Å²) in [5, 5.41) is 0. The number of amides is 1. The maximum atomic E-state index is 13.3. The quantitative estimate of drug-likeness (QED) is 0.828. The Morgan fingerprint density at radius 3 is 2.52 bits per heavy atom. The zero-order chi connectivity index (χ0) is 18.4. The summed E-state index contributed by atoms with van der Waals surface area (Å²) in [5.41, 5.74) is 3.88. The van der Waals surface area contributed by atoms with E-state index < -0.39 is 5.79 Å². The van der Waals surface area contributed by atoms with Crippen LogP contribution in [0.25, 0.3) is 0 Å². The summed E-state index contributed by atoms with van der Waals surface area (Å²) in [6.07, 6.45) is 3.21. The first-order valence-corrected chi connectivity index (χ1v) is 9.72. The van der Waals surface area contributed by atoms with Crippen LogP contribution in [0, 0.1) is 5.92 Å². The van der Waals surface area contributed by atoms with E-state index in [9.17, 15) is 4.79 Å². The van der Waals surface area contributed by atoms with Gasteiger partial charge in [0.25, 0.3) is 11.7 Å². The number of carbonyl (C=O) groups excluding carboxylic acids is 1. The van der Waals surface area contributed by atoms with Gasteiger partial charge in [0.1, 0.15) is 0 Å². The van der Waals surface area contributed by atoms with Gasteiger partial charge in [-0.1, -0.05) is 18.2 Å². The van der Waals surface area contributed by atoms with Crippen LogP contribution in [0.1, 0.15) is 24.8 Å². The summed E-state index contributed by atoms with van der Waals surface area (Å²) >= 11 is 0. The molecule has 1 saturated carbocycles. The highest BCUT2D eigenvalue weighted by molar-refractivity contribution is 6.06. The van der Waals surface area contributed by atoms with Crippen molar-refractivity contribution in [3.63, 3.8) is 0 Å². The number of nitrogens with zero attached hydrogens (tertiary/aromatic N) is 2. The molecule has 2 aromatic carbocycles. The predicted octanol–water partition coefficient (Wildman–Crippen LogP) is 3.80. The van der Waals surface area contributed by atoms with E-state index in [4.69, 9.17) is 9.47 Å². The minimum atomic E-state index is -1.27. The highest BCUT2D eigenvalue weighted by Crippen LogP contribution is 2.48. The van der Waals surface area contributed by atoms with Crippen molar-refractivity contribution in [1.29, 1.82) is 0 Å². The molecular formula is C22H24N2O3. The second-order valence-electron chi connectivity index (χ2n) is 7.62. The minimum Gasteiger partial charge on any atom is -0.345 e. The fourth-order valence-corrected chi connectivity index (χ4v) is 3.99. The number of fused-ring (bicyclic) bond motifs is 2. The smallest absolute Gasteiger partial charge is 0.292 e. The molecule has 3 aliphatic rings. The number of hydrogen-bond acceptors (Lipinski definition) is 4. The van der Waals surface area contributed by atoms with Crippen LogP contribution in [0.2, 0.25) is 0 Å².